The second-order valence-corrected chi connectivity index (χ2v) is 12.2. The van der Waals surface area contributed by atoms with Gasteiger partial charge in [0.1, 0.15) is 12.6 Å². The van der Waals surface area contributed by atoms with Gasteiger partial charge in [-0.05, 0) is 55.2 Å². The number of nitrogens with one attached hydrogen (secondary N) is 1. The fourth-order valence-electron chi connectivity index (χ4n) is 3.90. The standard InChI is InChI=1S/C29H34BrN3O4S/c1-22(2)20-31-29(35)23(3)32(18-17-24-11-6-4-7-12-24)28(34)21-33(26-14-10-13-25(30)19-26)38(36,37)27-15-8-5-9-16-27/h4-16,19,22-23H,17-18,20-21H2,1-3H3,(H,31,35)/t23-/m0/s1. The Labute approximate surface area is 234 Å². The van der Waals surface area contributed by atoms with Crippen LogP contribution in [-0.2, 0) is 26.0 Å². The van der Waals surface area contributed by atoms with Crippen LogP contribution in [0.2, 0.25) is 0 Å². The number of amides is 2. The summed E-state index contributed by atoms with van der Waals surface area (Å²) in [7, 11) is -4.07. The molecule has 3 rings (SSSR count). The molecule has 0 radical (unpaired) electrons. The molecule has 0 aliphatic rings. The molecular formula is C29H34BrN3O4S. The van der Waals surface area contributed by atoms with Crippen LogP contribution in [0.3, 0.4) is 0 Å². The highest BCUT2D eigenvalue weighted by Gasteiger charge is 2.32. The van der Waals surface area contributed by atoms with Gasteiger partial charge in [0, 0.05) is 17.6 Å². The number of hydrogen-bond acceptors (Lipinski definition) is 4. The largest absolute Gasteiger partial charge is 0.354 e. The van der Waals surface area contributed by atoms with E-state index in [4.69, 9.17) is 0 Å². The third-order valence-corrected chi connectivity index (χ3v) is 8.32. The van der Waals surface area contributed by atoms with Crippen LogP contribution < -0.4 is 9.62 Å². The highest BCUT2D eigenvalue weighted by molar-refractivity contribution is 9.10. The summed E-state index contributed by atoms with van der Waals surface area (Å²) in [4.78, 5) is 28.3. The van der Waals surface area contributed by atoms with E-state index in [1.54, 1.807) is 49.4 Å². The zero-order valence-corrected chi connectivity index (χ0v) is 24.3. The minimum atomic E-state index is -4.07. The van der Waals surface area contributed by atoms with Gasteiger partial charge in [-0.2, -0.15) is 0 Å². The van der Waals surface area contributed by atoms with E-state index in [1.165, 1.54) is 17.0 Å². The van der Waals surface area contributed by atoms with E-state index < -0.39 is 28.5 Å². The Morgan fingerprint density at radius 3 is 2.13 bits per heavy atom. The van der Waals surface area contributed by atoms with Crippen LogP contribution in [0.4, 0.5) is 5.69 Å². The molecule has 1 atom stereocenters. The van der Waals surface area contributed by atoms with E-state index in [9.17, 15) is 18.0 Å². The highest BCUT2D eigenvalue weighted by Crippen LogP contribution is 2.26. The summed E-state index contributed by atoms with van der Waals surface area (Å²) >= 11 is 3.40. The number of rotatable bonds is 12. The number of benzene rings is 3. The van der Waals surface area contributed by atoms with Gasteiger partial charge in [0.05, 0.1) is 10.6 Å². The van der Waals surface area contributed by atoms with Crippen molar-refractivity contribution in [2.75, 3.05) is 23.9 Å². The summed E-state index contributed by atoms with van der Waals surface area (Å²) in [5.41, 5.74) is 1.36. The Balaban J connectivity index is 1.94. The lowest BCUT2D eigenvalue weighted by Gasteiger charge is -2.32. The second-order valence-electron chi connectivity index (χ2n) is 9.44. The van der Waals surface area contributed by atoms with Crippen molar-refractivity contribution >= 4 is 43.5 Å². The van der Waals surface area contributed by atoms with Gasteiger partial charge in [0.15, 0.2) is 0 Å². The van der Waals surface area contributed by atoms with Crippen molar-refractivity contribution in [2.24, 2.45) is 5.92 Å². The molecule has 3 aromatic rings. The molecule has 1 N–H and O–H groups in total. The van der Waals surface area contributed by atoms with E-state index in [0.717, 1.165) is 9.87 Å². The van der Waals surface area contributed by atoms with Gasteiger partial charge >= 0.3 is 0 Å². The molecule has 0 unspecified atom stereocenters. The maximum Gasteiger partial charge on any atom is 0.264 e. The van der Waals surface area contributed by atoms with Crippen molar-refractivity contribution in [3.05, 3.63) is 95.0 Å². The Kier molecular flexibility index (Phi) is 10.5. The molecule has 0 heterocycles. The molecule has 2 amide bonds. The number of carbonyl (C=O) groups is 2. The summed E-state index contributed by atoms with van der Waals surface area (Å²) < 4.78 is 29.2. The minimum absolute atomic E-state index is 0.0753. The number of sulfonamides is 1. The van der Waals surface area contributed by atoms with Crippen LogP contribution in [-0.4, -0.2) is 50.8 Å². The molecule has 0 bridgehead atoms. The lowest BCUT2D eigenvalue weighted by atomic mass is 10.1. The molecule has 202 valence electrons. The van der Waals surface area contributed by atoms with E-state index >= 15 is 0 Å². The number of halogens is 1. The summed E-state index contributed by atoms with van der Waals surface area (Å²) in [6.45, 7) is 5.95. The lowest BCUT2D eigenvalue weighted by Crippen LogP contribution is -2.52. The molecule has 0 aromatic heterocycles. The monoisotopic (exact) mass is 599 g/mol. The average Bonchev–Trinajstić information content (AvgIpc) is 2.91. The molecule has 0 saturated carbocycles. The van der Waals surface area contributed by atoms with Crippen molar-refractivity contribution in [3.8, 4) is 0 Å². The third kappa shape index (κ3) is 7.91. The number of carbonyl (C=O) groups excluding carboxylic acids is 2. The van der Waals surface area contributed by atoms with E-state index in [1.807, 2.05) is 44.2 Å². The van der Waals surface area contributed by atoms with Crippen molar-refractivity contribution in [2.45, 2.75) is 38.1 Å². The average molecular weight is 601 g/mol. The predicted octanol–water partition coefficient (Wildman–Crippen LogP) is 4.88. The van der Waals surface area contributed by atoms with E-state index in [0.29, 0.717) is 23.1 Å². The number of nitrogens with zero attached hydrogens (tertiary/aromatic N) is 2. The first-order chi connectivity index (χ1) is 18.1. The number of hydrogen-bond donors (Lipinski definition) is 1. The van der Waals surface area contributed by atoms with Gasteiger partial charge in [0.2, 0.25) is 11.8 Å². The second kappa shape index (κ2) is 13.6. The normalized spacial score (nSPS) is 12.1. The summed E-state index contributed by atoms with van der Waals surface area (Å²) in [5, 5.41) is 2.89. The number of anilines is 1. The van der Waals surface area contributed by atoms with Crippen LogP contribution in [0.1, 0.15) is 26.3 Å². The Morgan fingerprint density at radius 2 is 1.53 bits per heavy atom. The van der Waals surface area contributed by atoms with Gasteiger partial charge < -0.3 is 10.2 Å². The molecule has 38 heavy (non-hydrogen) atoms. The third-order valence-electron chi connectivity index (χ3n) is 6.04. The van der Waals surface area contributed by atoms with Crippen molar-refractivity contribution in [1.29, 1.82) is 0 Å². The van der Waals surface area contributed by atoms with Crippen LogP contribution in [0.15, 0.2) is 94.3 Å². The lowest BCUT2D eigenvalue weighted by molar-refractivity contribution is -0.138. The Morgan fingerprint density at radius 1 is 0.895 bits per heavy atom. The smallest absolute Gasteiger partial charge is 0.264 e. The summed E-state index contributed by atoms with van der Waals surface area (Å²) in [6, 6.07) is 23.7. The molecule has 0 spiro atoms. The molecule has 9 heteroatoms. The fraction of sp³-hybridized carbons (Fsp3) is 0.310. The zero-order valence-electron chi connectivity index (χ0n) is 21.9. The summed E-state index contributed by atoms with van der Waals surface area (Å²) in [6.07, 6.45) is 0.525. The molecule has 0 aliphatic carbocycles. The molecular weight excluding hydrogens is 566 g/mol. The van der Waals surface area contributed by atoms with E-state index in [2.05, 4.69) is 21.2 Å². The maximum absolute atomic E-state index is 13.8. The fourth-order valence-corrected chi connectivity index (χ4v) is 5.72. The minimum Gasteiger partial charge on any atom is -0.354 e. The molecule has 7 nitrogen and oxygen atoms in total. The van der Waals surface area contributed by atoms with Gasteiger partial charge in [-0.1, -0.05) is 84.4 Å². The molecule has 3 aromatic carbocycles. The Hall–Kier alpha value is -3.17. The summed E-state index contributed by atoms with van der Waals surface area (Å²) in [5.74, 6) is -0.490. The topological polar surface area (TPSA) is 86.8 Å². The predicted molar refractivity (Wildman–Crippen MR) is 154 cm³/mol. The highest BCUT2D eigenvalue weighted by atomic mass is 79.9. The van der Waals surface area contributed by atoms with Gasteiger partial charge in [-0.15, -0.1) is 0 Å². The van der Waals surface area contributed by atoms with Crippen molar-refractivity contribution in [3.63, 3.8) is 0 Å². The van der Waals surface area contributed by atoms with Gasteiger partial charge in [-0.3, -0.25) is 13.9 Å². The van der Waals surface area contributed by atoms with E-state index in [-0.39, 0.29) is 23.3 Å². The van der Waals surface area contributed by atoms with Gasteiger partial charge in [-0.25, -0.2) is 8.42 Å². The van der Waals surface area contributed by atoms with Crippen LogP contribution in [0.5, 0.6) is 0 Å². The SMILES string of the molecule is CC(C)CNC(=O)[C@H](C)N(CCc1ccccc1)C(=O)CN(c1cccc(Br)c1)S(=O)(=O)c1ccccc1. The van der Waals surface area contributed by atoms with Gasteiger partial charge in [0.25, 0.3) is 10.0 Å². The first-order valence-corrected chi connectivity index (χ1v) is 14.8. The zero-order chi connectivity index (χ0) is 27.7. The molecule has 0 aliphatic heterocycles. The Bertz CT molecular complexity index is 1320. The van der Waals surface area contributed by atoms with Crippen molar-refractivity contribution < 1.29 is 18.0 Å². The molecule has 0 fully saturated rings. The quantitative estimate of drug-likeness (QED) is 0.321. The maximum atomic E-state index is 13.8. The molecule has 0 saturated heterocycles. The van der Waals surface area contributed by atoms with Crippen LogP contribution in [0.25, 0.3) is 0 Å². The first-order valence-electron chi connectivity index (χ1n) is 12.5. The van der Waals surface area contributed by atoms with Crippen LogP contribution >= 0.6 is 15.9 Å². The first kappa shape index (κ1) is 29.4. The van der Waals surface area contributed by atoms with Crippen LogP contribution in [0, 0.1) is 5.92 Å². The van der Waals surface area contributed by atoms with Crippen molar-refractivity contribution in [1.82, 2.24) is 10.2 Å².